The summed E-state index contributed by atoms with van der Waals surface area (Å²) in [7, 11) is 0. The molecule has 0 saturated carbocycles. The van der Waals surface area contributed by atoms with Crippen LogP contribution in [0, 0.1) is 0 Å². The Morgan fingerprint density at radius 3 is 1.04 bits per heavy atom. The second kappa shape index (κ2) is 6.73. The first kappa shape index (κ1) is 25.8. The Morgan fingerprint density at radius 2 is 0.826 bits per heavy atom. The van der Waals surface area contributed by atoms with Gasteiger partial charge in [-0.3, -0.25) is 0 Å². The standard InChI is InChI=1S/C7HF13O2.Cs/c8-2(9,1(21)22)3(10,11)4(12,13)5(14,15)6(16,17)7(18,19)20;/h(H,21,22);. The maximum atomic E-state index is 12.6. The third-order valence-corrected chi connectivity index (χ3v) is 2.20. The second-order valence-electron chi connectivity index (χ2n) is 3.67. The zero-order chi connectivity index (χ0) is 18.6. The molecule has 23 heavy (non-hydrogen) atoms. The molecular weight excluding hydrogens is 496 g/mol. The van der Waals surface area contributed by atoms with E-state index in [4.69, 9.17) is 5.11 Å². The van der Waals surface area contributed by atoms with Crippen molar-refractivity contribution in [2.75, 3.05) is 0 Å². The van der Waals surface area contributed by atoms with Gasteiger partial charge in [0.2, 0.25) is 0 Å². The van der Waals surface area contributed by atoms with Gasteiger partial charge in [-0.2, -0.15) is 57.1 Å². The monoisotopic (exact) mass is 497 g/mol. The minimum Gasteiger partial charge on any atom is -0.477 e. The predicted molar refractivity (Wildman–Crippen MR) is 44.2 cm³/mol. The van der Waals surface area contributed by atoms with E-state index in [1.165, 1.54) is 0 Å². The van der Waals surface area contributed by atoms with Crippen molar-refractivity contribution in [3.63, 3.8) is 0 Å². The number of rotatable bonds is 5. The van der Waals surface area contributed by atoms with E-state index in [0.717, 1.165) is 0 Å². The van der Waals surface area contributed by atoms with Crippen LogP contribution in [0.2, 0.25) is 0 Å². The smallest absolute Gasteiger partial charge is 0.460 e. The maximum Gasteiger partial charge on any atom is 0.460 e. The molecule has 0 aliphatic rings. The molecule has 2 nitrogen and oxygen atoms in total. The molecule has 0 spiro atoms. The number of carboxylic acid groups (broad SMARTS) is 1. The third-order valence-electron chi connectivity index (χ3n) is 2.20. The van der Waals surface area contributed by atoms with Gasteiger partial charge in [-0.1, -0.05) is 0 Å². The van der Waals surface area contributed by atoms with Crippen LogP contribution < -0.4 is 0 Å². The molecule has 0 aromatic carbocycles. The topological polar surface area (TPSA) is 37.3 Å². The Hall–Kier alpha value is 0.612. The SMILES string of the molecule is O=C(O)C(F)(F)C(F)(F)C(F)(F)C(F)(F)C(F)(F)C(F)(F)F.[Cs]. The van der Waals surface area contributed by atoms with E-state index < -0.39 is 41.8 Å². The summed E-state index contributed by atoms with van der Waals surface area (Å²) in [4.78, 5) is 9.67. The summed E-state index contributed by atoms with van der Waals surface area (Å²) in [6.45, 7) is 0. The number of carboxylic acids is 1. The molecule has 0 bridgehead atoms. The summed E-state index contributed by atoms with van der Waals surface area (Å²) in [5, 5.41) is 7.55. The molecule has 0 atom stereocenters. The van der Waals surface area contributed by atoms with Crippen LogP contribution in [-0.4, -0.2) is 116 Å². The van der Waals surface area contributed by atoms with Crippen LogP contribution in [0.4, 0.5) is 57.1 Å². The molecule has 16 heteroatoms. The van der Waals surface area contributed by atoms with Crippen LogP contribution in [0.5, 0.6) is 0 Å². The molecule has 1 radical (unpaired) electrons. The Kier molecular flexibility index (Phi) is 7.56. The van der Waals surface area contributed by atoms with Crippen molar-refractivity contribution in [3.8, 4) is 0 Å². The number of hydrogen-bond acceptors (Lipinski definition) is 1. The Balaban J connectivity index is 0. The summed E-state index contributed by atoms with van der Waals surface area (Å²) in [5.74, 6) is -43.0. The van der Waals surface area contributed by atoms with Gasteiger partial charge in [0.05, 0.1) is 0 Å². The van der Waals surface area contributed by atoms with Gasteiger partial charge < -0.3 is 5.11 Å². The Labute approximate surface area is 175 Å². The third kappa shape index (κ3) is 3.61. The quantitative estimate of drug-likeness (QED) is 0.592. The van der Waals surface area contributed by atoms with Crippen molar-refractivity contribution in [3.05, 3.63) is 0 Å². The fourth-order valence-corrected chi connectivity index (χ4v) is 0.904. The molecule has 1 N–H and O–H groups in total. The zero-order valence-electron chi connectivity index (χ0n) is 10.3. The van der Waals surface area contributed by atoms with Crippen molar-refractivity contribution in [1.29, 1.82) is 0 Å². The number of halogens is 13. The average molecular weight is 497 g/mol. The van der Waals surface area contributed by atoms with Crippen LogP contribution in [0.1, 0.15) is 0 Å². The molecule has 0 rings (SSSR count). The van der Waals surface area contributed by atoms with Gasteiger partial charge in [-0.05, 0) is 0 Å². The van der Waals surface area contributed by atoms with Gasteiger partial charge in [-0.25, -0.2) is 4.79 Å². The zero-order valence-corrected chi connectivity index (χ0v) is 16.5. The minimum absolute atomic E-state index is 0. The first-order valence-electron chi connectivity index (χ1n) is 4.38. The molecule has 0 fully saturated rings. The average Bonchev–Trinajstić information content (AvgIpc) is 2.25. The van der Waals surface area contributed by atoms with Crippen molar-refractivity contribution < 1.29 is 67.0 Å². The van der Waals surface area contributed by atoms with Crippen molar-refractivity contribution in [2.24, 2.45) is 0 Å². The molecular formula is C7HCsF13O2. The Morgan fingerprint density at radius 1 is 0.565 bits per heavy atom. The molecule has 0 amide bonds. The maximum absolute atomic E-state index is 12.6. The molecule has 0 aliphatic heterocycles. The van der Waals surface area contributed by atoms with Crippen LogP contribution in [0.3, 0.4) is 0 Å². The van der Waals surface area contributed by atoms with E-state index in [1.54, 1.807) is 0 Å². The van der Waals surface area contributed by atoms with Crippen LogP contribution in [0.15, 0.2) is 0 Å². The van der Waals surface area contributed by atoms with Crippen molar-refractivity contribution in [1.82, 2.24) is 0 Å². The molecule has 0 unspecified atom stereocenters. The fourth-order valence-electron chi connectivity index (χ4n) is 0.904. The molecule has 0 aliphatic carbocycles. The number of alkyl halides is 13. The van der Waals surface area contributed by atoms with Gasteiger partial charge in [0.25, 0.3) is 0 Å². The van der Waals surface area contributed by atoms with E-state index >= 15 is 0 Å². The number of carbonyl (C=O) groups is 1. The summed E-state index contributed by atoms with van der Waals surface area (Å²) in [5.41, 5.74) is 0. The summed E-state index contributed by atoms with van der Waals surface area (Å²) < 4.78 is 159. The van der Waals surface area contributed by atoms with Crippen LogP contribution in [-0.2, 0) is 4.79 Å². The second-order valence-corrected chi connectivity index (χ2v) is 3.67. The first-order chi connectivity index (χ1) is 9.19. The predicted octanol–water partition coefficient (Wildman–Crippen LogP) is 3.43. The van der Waals surface area contributed by atoms with Gasteiger partial charge in [0.15, 0.2) is 0 Å². The van der Waals surface area contributed by atoms with Gasteiger partial charge in [0, 0.05) is 68.9 Å². The fraction of sp³-hybridized carbons (Fsp3) is 0.857. The molecule has 0 heterocycles. The molecule has 0 saturated heterocycles. The van der Waals surface area contributed by atoms with E-state index in [1.807, 2.05) is 0 Å². The van der Waals surface area contributed by atoms with E-state index in [9.17, 15) is 61.9 Å². The van der Waals surface area contributed by atoms with Crippen LogP contribution >= 0.6 is 0 Å². The summed E-state index contributed by atoms with van der Waals surface area (Å²) in [6, 6.07) is 0. The molecule has 0 aromatic rings. The molecule has 0 aromatic heterocycles. The summed E-state index contributed by atoms with van der Waals surface area (Å²) in [6.07, 6.45) is -7.52. The van der Waals surface area contributed by atoms with Gasteiger partial charge in [0.1, 0.15) is 0 Å². The minimum atomic E-state index is -8.08. The normalized spacial score (nSPS) is 15.2. The van der Waals surface area contributed by atoms with Gasteiger partial charge >= 0.3 is 41.8 Å². The van der Waals surface area contributed by atoms with E-state index in [2.05, 4.69) is 0 Å². The summed E-state index contributed by atoms with van der Waals surface area (Å²) >= 11 is 0. The van der Waals surface area contributed by atoms with E-state index in [0.29, 0.717) is 0 Å². The largest absolute Gasteiger partial charge is 0.477 e. The molecule has 133 valence electrons. The van der Waals surface area contributed by atoms with Crippen molar-refractivity contribution in [2.45, 2.75) is 35.8 Å². The Bertz CT molecular complexity index is 454. The first-order valence-corrected chi connectivity index (χ1v) is 4.38. The number of aliphatic carboxylic acids is 1. The van der Waals surface area contributed by atoms with Crippen LogP contribution in [0.25, 0.3) is 0 Å². The van der Waals surface area contributed by atoms with E-state index in [-0.39, 0.29) is 68.9 Å². The van der Waals surface area contributed by atoms with Gasteiger partial charge in [-0.15, -0.1) is 0 Å². The van der Waals surface area contributed by atoms with Crippen molar-refractivity contribution >= 4 is 74.9 Å². The number of hydrogen-bond donors (Lipinski definition) is 1.